The second-order valence-corrected chi connectivity index (χ2v) is 5.67. The molecule has 0 aliphatic rings. The van der Waals surface area contributed by atoms with E-state index in [1.54, 1.807) is 12.1 Å². The molecule has 0 aliphatic carbocycles. The zero-order valence-electron chi connectivity index (χ0n) is 10.6. The van der Waals surface area contributed by atoms with E-state index in [1.165, 1.54) is 48.9 Å². The Kier molecular flexibility index (Phi) is 4.07. The lowest BCUT2D eigenvalue weighted by atomic mass is 10.3. The van der Waals surface area contributed by atoms with Gasteiger partial charge in [-0.2, -0.15) is 0 Å². The number of hydrogen-bond donors (Lipinski definition) is 0. The van der Waals surface area contributed by atoms with E-state index >= 15 is 0 Å². The van der Waals surface area contributed by atoms with Crippen LogP contribution in [-0.2, 0) is 9.84 Å². The van der Waals surface area contributed by atoms with E-state index in [0.29, 0.717) is 0 Å². The van der Waals surface area contributed by atoms with Gasteiger partial charge in [0.1, 0.15) is 9.79 Å². The van der Waals surface area contributed by atoms with Gasteiger partial charge in [0.05, 0.1) is 0 Å². The molecule has 0 N–H and O–H groups in total. The molecule has 0 fully saturated rings. The van der Waals surface area contributed by atoms with Crippen LogP contribution in [0.3, 0.4) is 0 Å². The van der Waals surface area contributed by atoms with Crippen molar-refractivity contribution in [2.24, 2.45) is 0 Å². The lowest BCUT2D eigenvalue weighted by Crippen LogP contribution is -2.05. The molecule has 0 aliphatic heterocycles. The van der Waals surface area contributed by atoms with Crippen molar-refractivity contribution in [3.8, 4) is 24.0 Å². The summed E-state index contributed by atoms with van der Waals surface area (Å²) in [6.07, 6.45) is 2.88. The van der Waals surface area contributed by atoms with E-state index in [4.69, 9.17) is 10.5 Å². The summed E-state index contributed by atoms with van der Waals surface area (Å²) in [6, 6.07) is 11.5. The topological polar surface area (TPSA) is 100 Å². The zero-order valence-corrected chi connectivity index (χ0v) is 11.4. The van der Waals surface area contributed by atoms with Gasteiger partial charge in [-0.15, -0.1) is 10.5 Å². The van der Waals surface area contributed by atoms with Crippen LogP contribution in [0.15, 0.2) is 58.3 Å². The number of ether oxygens (including phenoxy) is 2. The number of para-hydroxylation sites is 2. The molecule has 0 atom stereocenters. The number of benzene rings is 2. The van der Waals surface area contributed by atoms with Crippen molar-refractivity contribution in [2.45, 2.75) is 9.79 Å². The van der Waals surface area contributed by atoms with E-state index in [-0.39, 0.29) is 21.3 Å². The minimum Gasteiger partial charge on any atom is -0.387 e. The summed E-state index contributed by atoms with van der Waals surface area (Å²) in [5.41, 5.74) is 0. The smallest absolute Gasteiger partial charge is 0.292 e. The van der Waals surface area contributed by atoms with E-state index < -0.39 is 9.84 Å². The van der Waals surface area contributed by atoms with Gasteiger partial charge in [0.25, 0.3) is 12.5 Å². The van der Waals surface area contributed by atoms with Gasteiger partial charge in [0.2, 0.25) is 9.84 Å². The number of nitrogens with zero attached hydrogens (tertiary/aromatic N) is 2. The molecule has 7 heteroatoms. The predicted molar refractivity (Wildman–Crippen MR) is 70.8 cm³/mol. The number of sulfone groups is 1. The molecular formula is C14H8N2O4S. The molecule has 104 valence electrons. The van der Waals surface area contributed by atoms with Crippen LogP contribution in [0.25, 0.3) is 0 Å². The van der Waals surface area contributed by atoms with E-state index in [9.17, 15) is 8.42 Å². The molecule has 0 radical (unpaired) electrons. The van der Waals surface area contributed by atoms with Gasteiger partial charge >= 0.3 is 0 Å². The fraction of sp³-hybridized carbons (Fsp3) is 0. The summed E-state index contributed by atoms with van der Waals surface area (Å²) >= 11 is 0. The summed E-state index contributed by atoms with van der Waals surface area (Å²) in [4.78, 5) is -0.360. The van der Waals surface area contributed by atoms with Gasteiger partial charge in [-0.1, -0.05) is 24.3 Å². The molecule has 0 saturated carbocycles. The van der Waals surface area contributed by atoms with Crippen LogP contribution in [0.5, 0.6) is 11.5 Å². The van der Waals surface area contributed by atoms with Gasteiger partial charge in [0, 0.05) is 0 Å². The van der Waals surface area contributed by atoms with Gasteiger partial charge in [-0.25, -0.2) is 8.42 Å². The summed E-state index contributed by atoms with van der Waals surface area (Å²) in [6.45, 7) is 0. The van der Waals surface area contributed by atoms with Crippen LogP contribution in [-0.4, -0.2) is 8.42 Å². The third kappa shape index (κ3) is 2.78. The van der Waals surface area contributed by atoms with Crippen LogP contribution < -0.4 is 9.47 Å². The Morgan fingerprint density at radius 3 is 1.52 bits per heavy atom. The SMILES string of the molecule is N#COc1ccccc1S(=O)(=O)c1ccccc1OC#N. The Balaban J connectivity index is 2.65. The maximum absolute atomic E-state index is 12.6. The molecule has 2 aromatic carbocycles. The summed E-state index contributed by atoms with van der Waals surface area (Å²) in [5, 5.41) is 17.2. The molecule has 2 rings (SSSR count). The van der Waals surface area contributed by atoms with Crippen molar-refractivity contribution >= 4 is 9.84 Å². The highest BCUT2D eigenvalue weighted by Crippen LogP contribution is 2.33. The van der Waals surface area contributed by atoms with Crippen molar-refractivity contribution < 1.29 is 17.9 Å². The maximum atomic E-state index is 12.6. The monoisotopic (exact) mass is 300 g/mol. The highest BCUT2D eigenvalue weighted by molar-refractivity contribution is 7.91. The van der Waals surface area contributed by atoms with Crippen molar-refractivity contribution in [2.75, 3.05) is 0 Å². The van der Waals surface area contributed by atoms with E-state index in [0.717, 1.165) is 0 Å². The van der Waals surface area contributed by atoms with Gasteiger partial charge < -0.3 is 9.47 Å². The molecule has 21 heavy (non-hydrogen) atoms. The molecule has 0 bridgehead atoms. The normalized spacial score (nSPS) is 10.2. The molecule has 0 heterocycles. The average molecular weight is 300 g/mol. The van der Waals surface area contributed by atoms with Crippen LogP contribution >= 0.6 is 0 Å². The van der Waals surface area contributed by atoms with Crippen LogP contribution in [0.4, 0.5) is 0 Å². The molecule has 2 aromatic rings. The van der Waals surface area contributed by atoms with Crippen LogP contribution in [0.1, 0.15) is 0 Å². The first-order valence-corrected chi connectivity index (χ1v) is 7.14. The van der Waals surface area contributed by atoms with Crippen molar-refractivity contribution in [1.29, 1.82) is 10.5 Å². The van der Waals surface area contributed by atoms with Gasteiger partial charge in [0.15, 0.2) is 11.5 Å². The number of rotatable bonds is 4. The highest BCUT2D eigenvalue weighted by atomic mass is 32.2. The fourth-order valence-electron chi connectivity index (χ4n) is 1.73. The Bertz CT molecular complexity index is 782. The van der Waals surface area contributed by atoms with Crippen molar-refractivity contribution in [1.82, 2.24) is 0 Å². The summed E-state index contributed by atoms with van der Waals surface area (Å²) in [7, 11) is -4.00. The second-order valence-electron chi connectivity index (χ2n) is 3.78. The van der Waals surface area contributed by atoms with E-state index in [2.05, 4.69) is 9.47 Å². The third-order valence-electron chi connectivity index (χ3n) is 2.59. The largest absolute Gasteiger partial charge is 0.387 e. The highest BCUT2D eigenvalue weighted by Gasteiger charge is 2.26. The first-order valence-electron chi connectivity index (χ1n) is 5.66. The lowest BCUT2D eigenvalue weighted by molar-refractivity contribution is 0.483. The fourth-order valence-corrected chi connectivity index (χ4v) is 3.23. The minimum atomic E-state index is -4.00. The van der Waals surface area contributed by atoms with Crippen LogP contribution in [0.2, 0.25) is 0 Å². The lowest BCUT2D eigenvalue weighted by Gasteiger charge is -2.10. The summed E-state index contributed by atoms with van der Waals surface area (Å²) < 4.78 is 34.6. The minimum absolute atomic E-state index is 0.0910. The Morgan fingerprint density at radius 1 is 0.762 bits per heavy atom. The number of hydrogen-bond acceptors (Lipinski definition) is 6. The Morgan fingerprint density at radius 2 is 1.14 bits per heavy atom. The molecule has 0 spiro atoms. The predicted octanol–water partition coefficient (Wildman–Crippen LogP) is 2.24. The van der Waals surface area contributed by atoms with Gasteiger partial charge in [-0.05, 0) is 24.3 Å². The maximum Gasteiger partial charge on any atom is 0.292 e. The van der Waals surface area contributed by atoms with Crippen LogP contribution in [0, 0.1) is 23.0 Å². The third-order valence-corrected chi connectivity index (χ3v) is 4.42. The quantitative estimate of drug-likeness (QED) is 0.803. The molecule has 6 nitrogen and oxygen atoms in total. The van der Waals surface area contributed by atoms with Gasteiger partial charge in [-0.3, -0.25) is 0 Å². The molecule has 0 aromatic heterocycles. The van der Waals surface area contributed by atoms with Crippen molar-refractivity contribution in [3.05, 3.63) is 48.5 Å². The molecule has 0 amide bonds. The average Bonchev–Trinajstić information content (AvgIpc) is 2.49. The Hall–Kier alpha value is -3.03. The standard InChI is InChI=1S/C14H8N2O4S/c15-9-19-11-5-1-3-7-13(11)21(17,18)14-8-4-2-6-12(14)20-10-16/h1-8H. The molecule has 0 saturated heterocycles. The molecular weight excluding hydrogens is 292 g/mol. The zero-order chi connectivity index (χ0) is 15.3. The summed E-state index contributed by atoms with van der Waals surface area (Å²) in [5.74, 6) is -0.182. The molecule has 0 unspecified atom stereocenters. The Labute approximate surface area is 121 Å². The first kappa shape index (κ1) is 14.4. The first-order chi connectivity index (χ1) is 10.1. The van der Waals surface area contributed by atoms with E-state index in [1.807, 2.05) is 0 Å². The van der Waals surface area contributed by atoms with Crippen molar-refractivity contribution in [3.63, 3.8) is 0 Å². The number of nitriles is 2. The second kappa shape index (κ2) is 5.95.